The number of amides is 3. The molecule has 0 spiro atoms. The number of ether oxygens (including phenoxy) is 2. The predicted molar refractivity (Wildman–Crippen MR) is 130 cm³/mol. The first-order valence-electron chi connectivity index (χ1n) is 11.7. The van der Waals surface area contributed by atoms with Crippen molar-refractivity contribution in [1.82, 2.24) is 10.2 Å². The Morgan fingerprint density at radius 3 is 2.59 bits per heavy atom. The van der Waals surface area contributed by atoms with Gasteiger partial charge >= 0.3 is 6.03 Å². The number of halogens is 1. The summed E-state index contributed by atoms with van der Waals surface area (Å²) in [5, 5.41) is 5.90. The van der Waals surface area contributed by atoms with Crippen molar-refractivity contribution in [3.05, 3.63) is 53.3 Å². The first-order valence-corrected chi connectivity index (χ1v) is 11.7. The van der Waals surface area contributed by atoms with E-state index in [0.717, 1.165) is 18.4 Å². The fourth-order valence-corrected chi connectivity index (χ4v) is 4.24. The molecular weight excluding hydrogens is 437 g/mol. The molecule has 8 heteroatoms. The van der Waals surface area contributed by atoms with Crippen LogP contribution in [0, 0.1) is 18.7 Å². The summed E-state index contributed by atoms with van der Waals surface area (Å²) in [5.74, 6) is 0.284. The molecule has 1 aliphatic heterocycles. The first-order chi connectivity index (χ1) is 16.4. The third-order valence-electron chi connectivity index (χ3n) is 6.25. The lowest BCUT2D eigenvalue weighted by atomic mass is 9.88. The Morgan fingerprint density at radius 1 is 1.12 bits per heavy atom. The summed E-state index contributed by atoms with van der Waals surface area (Å²) in [4.78, 5) is 27.9. The number of nitrogens with one attached hydrogen (secondary N) is 2. The summed E-state index contributed by atoms with van der Waals surface area (Å²) in [7, 11) is 3.09. The van der Waals surface area contributed by atoms with Gasteiger partial charge in [0.15, 0.2) is 0 Å². The number of methoxy groups -OCH3 is 2. The molecule has 34 heavy (non-hydrogen) atoms. The number of aryl methyl sites for hydroxylation is 1. The molecule has 0 aliphatic carbocycles. The summed E-state index contributed by atoms with van der Waals surface area (Å²) in [6, 6.07) is 9.71. The molecule has 0 unspecified atom stereocenters. The normalized spacial score (nSPS) is 17.7. The number of benzene rings is 2. The third-order valence-corrected chi connectivity index (χ3v) is 6.25. The molecule has 2 atom stereocenters. The molecule has 0 aromatic heterocycles. The number of hydrogen-bond donors (Lipinski definition) is 2. The lowest BCUT2D eigenvalue weighted by Gasteiger charge is -2.39. The first kappa shape index (κ1) is 25.3. The number of rotatable bonds is 8. The van der Waals surface area contributed by atoms with E-state index in [-0.39, 0.29) is 36.3 Å². The number of nitrogens with zero attached hydrogens (tertiary/aromatic N) is 1. The fraction of sp³-hybridized carbons (Fsp3) is 0.462. The topological polar surface area (TPSA) is 79.9 Å². The molecule has 3 amide bonds. The van der Waals surface area contributed by atoms with Crippen molar-refractivity contribution >= 4 is 17.6 Å². The maximum absolute atomic E-state index is 13.8. The summed E-state index contributed by atoms with van der Waals surface area (Å²) < 4.78 is 24.4. The SMILES string of the molecule is CCCCNC(=O)N1C[C@@H](C(=O)Nc2ccc(OC)cc2OC)CC[C@@H]1c1ccc(F)c(C)c1. The van der Waals surface area contributed by atoms with Crippen molar-refractivity contribution in [3.63, 3.8) is 0 Å². The van der Waals surface area contributed by atoms with Crippen molar-refractivity contribution < 1.29 is 23.5 Å². The molecule has 1 aliphatic rings. The zero-order chi connectivity index (χ0) is 24.7. The van der Waals surface area contributed by atoms with Crippen molar-refractivity contribution in [2.24, 2.45) is 5.92 Å². The van der Waals surface area contributed by atoms with Crippen LogP contribution in [0.15, 0.2) is 36.4 Å². The highest BCUT2D eigenvalue weighted by Crippen LogP contribution is 2.36. The molecule has 2 aromatic rings. The molecular formula is C26H34FN3O4. The number of anilines is 1. The van der Waals surface area contributed by atoms with E-state index in [4.69, 9.17) is 9.47 Å². The van der Waals surface area contributed by atoms with Gasteiger partial charge in [0.25, 0.3) is 0 Å². The van der Waals surface area contributed by atoms with Gasteiger partial charge in [-0.05, 0) is 55.5 Å². The zero-order valence-corrected chi connectivity index (χ0v) is 20.3. The largest absolute Gasteiger partial charge is 0.497 e. The second-order valence-corrected chi connectivity index (χ2v) is 8.59. The van der Waals surface area contributed by atoms with E-state index in [1.54, 1.807) is 49.3 Å². The average Bonchev–Trinajstić information content (AvgIpc) is 2.85. The fourth-order valence-electron chi connectivity index (χ4n) is 4.24. The Bertz CT molecular complexity index is 1010. The highest BCUT2D eigenvalue weighted by atomic mass is 19.1. The molecule has 0 radical (unpaired) electrons. The number of urea groups is 1. The maximum atomic E-state index is 13.8. The minimum Gasteiger partial charge on any atom is -0.497 e. The molecule has 1 heterocycles. The summed E-state index contributed by atoms with van der Waals surface area (Å²) in [6.07, 6.45) is 3.05. The Hall–Kier alpha value is -3.29. The van der Waals surface area contributed by atoms with Gasteiger partial charge in [0.2, 0.25) is 5.91 Å². The van der Waals surface area contributed by atoms with E-state index in [1.807, 2.05) is 0 Å². The monoisotopic (exact) mass is 471 g/mol. The summed E-state index contributed by atoms with van der Waals surface area (Å²) in [6.45, 7) is 4.61. The van der Waals surface area contributed by atoms with Crippen LogP contribution in [0.1, 0.15) is 49.8 Å². The second-order valence-electron chi connectivity index (χ2n) is 8.59. The van der Waals surface area contributed by atoms with Crippen LogP contribution in [-0.4, -0.2) is 44.1 Å². The number of carbonyl (C=O) groups is 2. The van der Waals surface area contributed by atoms with Gasteiger partial charge < -0.3 is 25.0 Å². The van der Waals surface area contributed by atoms with E-state index < -0.39 is 0 Å². The van der Waals surface area contributed by atoms with E-state index >= 15 is 0 Å². The number of likely N-dealkylation sites (tertiary alicyclic amines) is 1. The third kappa shape index (κ3) is 5.98. The van der Waals surface area contributed by atoms with Crippen LogP contribution < -0.4 is 20.1 Å². The quantitative estimate of drug-likeness (QED) is 0.528. The van der Waals surface area contributed by atoms with Crippen LogP contribution in [0.5, 0.6) is 11.5 Å². The van der Waals surface area contributed by atoms with Crippen molar-refractivity contribution in [2.45, 2.75) is 45.6 Å². The Labute approximate surface area is 200 Å². The molecule has 1 fully saturated rings. The van der Waals surface area contributed by atoms with Gasteiger partial charge in [-0.3, -0.25) is 4.79 Å². The highest BCUT2D eigenvalue weighted by Gasteiger charge is 2.36. The number of carbonyl (C=O) groups excluding carboxylic acids is 2. The Morgan fingerprint density at radius 2 is 1.91 bits per heavy atom. The van der Waals surface area contributed by atoms with Crippen molar-refractivity contribution in [2.75, 3.05) is 32.6 Å². The molecule has 184 valence electrons. The van der Waals surface area contributed by atoms with Gasteiger partial charge in [-0.1, -0.05) is 25.5 Å². The minimum atomic E-state index is -0.387. The highest BCUT2D eigenvalue weighted by molar-refractivity contribution is 5.94. The van der Waals surface area contributed by atoms with E-state index in [1.165, 1.54) is 13.2 Å². The standard InChI is InChI=1S/C26H34FN3O4/c1-5-6-13-28-26(32)30-16-19(8-12-23(30)18-7-10-21(27)17(2)14-18)25(31)29-22-11-9-20(33-3)15-24(22)34-4/h7,9-11,14-15,19,23H,5-6,8,12-13,16H2,1-4H3,(H,28,32)(H,29,31)/t19-,23+/m0/s1. The lowest BCUT2D eigenvalue weighted by Crippen LogP contribution is -2.49. The van der Waals surface area contributed by atoms with Gasteiger partial charge in [-0.2, -0.15) is 0 Å². The molecule has 7 nitrogen and oxygen atoms in total. The van der Waals surface area contributed by atoms with Crippen LogP contribution in [0.2, 0.25) is 0 Å². The van der Waals surface area contributed by atoms with Crippen LogP contribution in [0.3, 0.4) is 0 Å². The van der Waals surface area contributed by atoms with Gasteiger partial charge in [0.1, 0.15) is 17.3 Å². The predicted octanol–water partition coefficient (Wildman–Crippen LogP) is 5.05. The van der Waals surface area contributed by atoms with Gasteiger partial charge in [-0.15, -0.1) is 0 Å². The van der Waals surface area contributed by atoms with Crippen LogP contribution in [0.25, 0.3) is 0 Å². The molecule has 3 rings (SSSR count). The molecule has 0 bridgehead atoms. The Balaban J connectivity index is 1.78. The minimum absolute atomic E-state index is 0.177. The van der Waals surface area contributed by atoms with Gasteiger partial charge in [0.05, 0.1) is 31.9 Å². The molecule has 1 saturated heterocycles. The van der Waals surface area contributed by atoms with Crippen LogP contribution in [-0.2, 0) is 4.79 Å². The molecule has 0 saturated carbocycles. The summed E-state index contributed by atoms with van der Waals surface area (Å²) >= 11 is 0. The maximum Gasteiger partial charge on any atom is 0.317 e. The van der Waals surface area contributed by atoms with Crippen LogP contribution >= 0.6 is 0 Å². The second kappa shape index (κ2) is 11.7. The van der Waals surface area contributed by atoms with Gasteiger partial charge in [-0.25, -0.2) is 9.18 Å². The van der Waals surface area contributed by atoms with Crippen molar-refractivity contribution in [3.8, 4) is 11.5 Å². The Kier molecular flexibility index (Phi) is 8.73. The number of unbranched alkanes of at least 4 members (excludes halogenated alkanes) is 1. The average molecular weight is 472 g/mol. The van der Waals surface area contributed by atoms with Crippen molar-refractivity contribution in [1.29, 1.82) is 0 Å². The van der Waals surface area contributed by atoms with E-state index in [9.17, 15) is 14.0 Å². The smallest absolute Gasteiger partial charge is 0.317 e. The van der Waals surface area contributed by atoms with Gasteiger partial charge in [0, 0.05) is 19.2 Å². The zero-order valence-electron chi connectivity index (χ0n) is 20.3. The lowest BCUT2D eigenvalue weighted by molar-refractivity contribution is -0.121. The van der Waals surface area contributed by atoms with Crippen LogP contribution in [0.4, 0.5) is 14.9 Å². The van der Waals surface area contributed by atoms with E-state index in [2.05, 4.69) is 17.6 Å². The molecule has 2 aromatic carbocycles. The summed E-state index contributed by atoms with van der Waals surface area (Å²) in [5.41, 5.74) is 1.96. The molecule has 2 N–H and O–H groups in total. The number of hydrogen-bond acceptors (Lipinski definition) is 4. The number of piperidine rings is 1. The van der Waals surface area contributed by atoms with E-state index in [0.29, 0.717) is 42.1 Å².